The fourth-order valence-electron chi connectivity index (χ4n) is 9.96. The van der Waals surface area contributed by atoms with E-state index < -0.39 is 6.10 Å². The van der Waals surface area contributed by atoms with Crippen molar-refractivity contribution >= 4 is 17.9 Å². The second-order valence-electron chi connectivity index (χ2n) is 23.1. The number of rotatable bonds is 63. The van der Waals surface area contributed by atoms with E-state index in [2.05, 4.69) is 106 Å². The minimum Gasteiger partial charge on any atom is -0.462 e. The lowest BCUT2D eigenvalue weighted by atomic mass is 10.0. The maximum atomic E-state index is 12.9. The number of hydrogen-bond donors (Lipinski definition) is 0. The van der Waals surface area contributed by atoms with E-state index in [0.29, 0.717) is 12.8 Å². The number of hydrogen-bond acceptors (Lipinski definition) is 6. The Labute approximate surface area is 496 Å². The Bertz CT molecular complexity index is 1520. The van der Waals surface area contributed by atoms with Gasteiger partial charge < -0.3 is 14.2 Å². The molecule has 0 aromatic heterocycles. The van der Waals surface area contributed by atoms with Crippen molar-refractivity contribution in [2.75, 3.05) is 13.2 Å². The van der Waals surface area contributed by atoms with Crippen molar-refractivity contribution in [2.45, 2.75) is 354 Å². The second-order valence-corrected chi connectivity index (χ2v) is 23.1. The lowest BCUT2D eigenvalue weighted by Gasteiger charge is -2.18. The van der Waals surface area contributed by atoms with Crippen molar-refractivity contribution in [1.82, 2.24) is 0 Å². The van der Waals surface area contributed by atoms with Gasteiger partial charge in [0.2, 0.25) is 0 Å². The van der Waals surface area contributed by atoms with E-state index in [4.69, 9.17) is 14.2 Å². The molecular weight excluding hydrogens is 985 g/mol. The Morgan fingerprint density at radius 1 is 0.263 bits per heavy atom. The molecule has 0 rings (SSSR count). The number of allylic oxidation sites excluding steroid dienone is 14. The Hall–Kier alpha value is -3.41. The van der Waals surface area contributed by atoms with Crippen molar-refractivity contribution < 1.29 is 28.6 Å². The summed E-state index contributed by atoms with van der Waals surface area (Å²) in [5.41, 5.74) is 0. The third-order valence-corrected chi connectivity index (χ3v) is 15.1. The molecule has 0 amide bonds. The van der Waals surface area contributed by atoms with E-state index in [0.717, 1.165) is 122 Å². The highest BCUT2D eigenvalue weighted by Gasteiger charge is 2.19. The summed E-state index contributed by atoms with van der Waals surface area (Å²) in [6.07, 6.45) is 90.5. The minimum absolute atomic E-state index is 0.0922. The molecule has 0 saturated heterocycles. The molecule has 462 valence electrons. The SMILES string of the molecule is CC/C=C\C/C=C\C/C=C\C/C=C\C/C=C\CCCCCC(=O)OC(COC(=O)CCCCCCC/C=C\C/C=C\CCCC)COC(=O)CCCCCCCCCCCCCCCCCCCCCCCCCCCCCCC. The first-order chi connectivity index (χ1) is 39.5. The first-order valence-electron chi connectivity index (χ1n) is 34.6. The van der Waals surface area contributed by atoms with Gasteiger partial charge in [-0.15, -0.1) is 0 Å². The van der Waals surface area contributed by atoms with Crippen LogP contribution in [0.25, 0.3) is 0 Å². The molecule has 0 heterocycles. The lowest BCUT2D eigenvalue weighted by molar-refractivity contribution is -0.167. The van der Waals surface area contributed by atoms with Crippen LogP contribution in [-0.4, -0.2) is 37.2 Å². The fraction of sp³-hybridized carbons (Fsp3) is 0.770. The molecular formula is C74H130O6. The summed E-state index contributed by atoms with van der Waals surface area (Å²) in [4.78, 5) is 38.4. The summed E-state index contributed by atoms with van der Waals surface area (Å²) >= 11 is 0. The van der Waals surface area contributed by atoms with Gasteiger partial charge in [-0.1, -0.05) is 324 Å². The zero-order valence-corrected chi connectivity index (χ0v) is 53.1. The van der Waals surface area contributed by atoms with Crippen molar-refractivity contribution in [1.29, 1.82) is 0 Å². The van der Waals surface area contributed by atoms with Crippen molar-refractivity contribution in [3.63, 3.8) is 0 Å². The largest absolute Gasteiger partial charge is 0.462 e. The van der Waals surface area contributed by atoms with Gasteiger partial charge in [-0.2, -0.15) is 0 Å². The smallest absolute Gasteiger partial charge is 0.306 e. The van der Waals surface area contributed by atoms with Crippen LogP contribution in [0, 0.1) is 0 Å². The highest BCUT2D eigenvalue weighted by molar-refractivity contribution is 5.71. The zero-order valence-electron chi connectivity index (χ0n) is 53.1. The zero-order chi connectivity index (χ0) is 57.8. The monoisotopic (exact) mass is 1110 g/mol. The summed E-state index contributed by atoms with van der Waals surface area (Å²) in [7, 11) is 0. The molecule has 1 unspecified atom stereocenters. The van der Waals surface area contributed by atoms with Crippen LogP contribution in [0.15, 0.2) is 85.1 Å². The summed E-state index contributed by atoms with van der Waals surface area (Å²) in [6, 6.07) is 0. The van der Waals surface area contributed by atoms with E-state index in [9.17, 15) is 14.4 Å². The number of carbonyl (C=O) groups is 3. The molecule has 0 bridgehead atoms. The molecule has 80 heavy (non-hydrogen) atoms. The van der Waals surface area contributed by atoms with Crippen LogP contribution in [0.1, 0.15) is 348 Å². The number of ether oxygens (including phenoxy) is 3. The van der Waals surface area contributed by atoms with E-state index in [-0.39, 0.29) is 37.5 Å². The van der Waals surface area contributed by atoms with Gasteiger partial charge >= 0.3 is 17.9 Å². The Morgan fingerprint density at radius 2 is 0.500 bits per heavy atom. The molecule has 0 aromatic carbocycles. The van der Waals surface area contributed by atoms with Gasteiger partial charge in [-0.25, -0.2) is 0 Å². The Kier molecular flexibility index (Phi) is 65.2. The standard InChI is InChI=1S/C74H130O6/c1-4-7-10-13-16-19-22-25-28-30-32-33-34-35-36-37-38-39-40-41-43-44-46-49-52-55-58-61-64-67-73(76)79-70-71(69-78-72(75)66-63-60-57-54-51-48-27-24-21-18-15-12-9-6-3)80-74(77)68-65-62-59-56-53-50-47-45-42-31-29-26-23-20-17-14-11-8-5-2/h8,11,15,17-18,20,24,26-27,29,42,45,50,53,71H,4-7,9-10,12-14,16,19,21-23,25,28,30-41,43-44,46-49,51-52,54-70H2,1-3H3/b11-8-,18-15-,20-17-,27-24-,29-26-,45-42-,53-50-. The first-order valence-corrected chi connectivity index (χ1v) is 34.6. The van der Waals surface area contributed by atoms with Crippen LogP contribution in [-0.2, 0) is 28.6 Å². The number of unbranched alkanes of at least 4 members (excludes halogenated alkanes) is 38. The van der Waals surface area contributed by atoms with E-state index in [1.807, 2.05) is 0 Å². The third kappa shape index (κ3) is 65.4. The molecule has 0 fully saturated rings. The van der Waals surface area contributed by atoms with Crippen LogP contribution in [0.5, 0.6) is 0 Å². The third-order valence-electron chi connectivity index (χ3n) is 15.1. The van der Waals surface area contributed by atoms with Gasteiger partial charge in [0.25, 0.3) is 0 Å². The van der Waals surface area contributed by atoms with Crippen LogP contribution in [0.4, 0.5) is 0 Å². The van der Waals surface area contributed by atoms with Crippen LogP contribution in [0.3, 0.4) is 0 Å². The van der Waals surface area contributed by atoms with Crippen molar-refractivity contribution in [3.05, 3.63) is 85.1 Å². The molecule has 6 heteroatoms. The van der Waals surface area contributed by atoms with Gasteiger partial charge in [0.05, 0.1) is 0 Å². The summed E-state index contributed by atoms with van der Waals surface area (Å²) in [5.74, 6) is -0.924. The predicted octanol–water partition coefficient (Wildman–Crippen LogP) is 23.8. The molecule has 1 atom stereocenters. The highest BCUT2D eigenvalue weighted by atomic mass is 16.6. The van der Waals surface area contributed by atoms with Crippen LogP contribution in [0.2, 0.25) is 0 Å². The molecule has 0 N–H and O–H groups in total. The molecule has 0 radical (unpaired) electrons. The summed E-state index contributed by atoms with van der Waals surface area (Å²) in [6.45, 7) is 6.49. The molecule has 0 aromatic rings. The number of esters is 3. The molecule has 0 saturated carbocycles. The topological polar surface area (TPSA) is 78.9 Å². The van der Waals surface area contributed by atoms with Gasteiger partial charge in [0.15, 0.2) is 6.10 Å². The normalized spacial score (nSPS) is 12.6. The molecule has 6 nitrogen and oxygen atoms in total. The quantitative estimate of drug-likeness (QED) is 0.0261. The highest BCUT2D eigenvalue weighted by Crippen LogP contribution is 2.18. The Balaban J connectivity index is 4.27. The molecule has 0 spiro atoms. The predicted molar refractivity (Wildman–Crippen MR) is 348 cm³/mol. The van der Waals surface area contributed by atoms with E-state index >= 15 is 0 Å². The molecule has 0 aliphatic carbocycles. The first kappa shape index (κ1) is 76.6. The average molecular weight is 1120 g/mol. The Morgan fingerprint density at radius 3 is 0.812 bits per heavy atom. The molecule has 0 aliphatic rings. The van der Waals surface area contributed by atoms with Crippen LogP contribution < -0.4 is 0 Å². The van der Waals surface area contributed by atoms with E-state index in [1.54, 1.807) is 0 Å². The summed E-state index contributed by atoms with van der Waals surface area (Å²) < 4.78 is 16.9. The number of carbonyl (C=O) groups excluding carboxylic acids is 3. The molecule has 0 aliphatic heterocycles. The van der Waals surface area contributed by atoms with Crippen molar-refractivity contribution in [2.24, 2.45) is 0 Å². The average Bonchev–Trinajstić information content (AvgIpc) is 3.46. The second kappa shape index (κ2) is 68.1. The van der Waals surface area contributed by atoms with Crippen LogP contribution >= 0.6 is 0 Å². The fourth-order valence-corrected chi connectivity index (χ4v) is 9.96. The summed E-state index contributed by atoms with van der Waals surface area (Å²) in [5, 5.41) is 0. The maximum Gasteiger partial charge on any atom is 0.306 e. The van der Waals surface area contributed by atoms with Gasteiger partial charge in [0.1, 0.15) is 13.2 Å². The maximum absolute atomic E-state index is 12.9. The van der Waals surface area contributed by atoms with Gasteiger partial charge in [0, 0.05) is 19.3 Å². The van der Waals surface area contributed by atoms with Gasteiger partial charge in [-0.3, -0.25) is 14.4 Å². The van der Waals surface area contributed by atoms with Gasteiger partial charge in [-0.05, 0) is 89.9 Å². The minimum atomic E-state index is -0.801. The van der Waals surface area contributed by atoms with E-state index in [1.165, 1.54) is 186 Å². The van der Waals surface area contributed by atoms with Crippen molar-refractivity contribution in [3.8, 4) is 0 Å². The lowest BCUT2D eigenvalue weighted by Crippen LogP contribution is -2.30.